The number of anilines is 2. The lowest BCUT2D eigenvalue weighted by Gasteiger charge is -2.08. The molecule has 0 aromatic heterocycles. The largest absolute Gasteiger partial charge is 0.399 e. The normalized spacial score (nSPS) is 10.4. The van der Waals surface area contributed by atoms with E-state index < -0.39 is 11.6 Å². The van der Waals surface area contributed by atoms with Gasteiger partial charge in [0.1, 0.15) is 0 Å². The molecule has 21 heavy (non-hydrogen) atoms. The minimum absolute atomic E-state index is 0.0474. The Kier molecular flexibility index (Phi) is 5.03. The van der Waals surface area contributed by atoms with Crippen molar-refractivity contribution in [2.75, 3.05) is 16.8 Å². The fourth-order valence-electron chi connectivity index (χ4n) is 1.53. The second kappa shape index (κ2) is 6.78. The molecule has 2 aromatic rings. The van der Waals surface area contributed by atoms with E-state index in [-0.39, 0.29) is 11.7 Å². The highest BCUT2D eigenvalue weighted by atomic mass is 35.5. The number of carbonyl (C=O) groups excluding carboxylic acids is 1. The molecular weight excluding hydrogens is 318 g/mol. The van der Waals surface area contributed by atoms with Crippen LogP contribution in [-0.2, 0) is 4.79 Å². The van der Waals surface area contributed by atoms with Crippen molar-refractivity contribution in [3.63, 3.8) is 0 Å². The predicted molar refractivity (Wildman–Crippen MR) is 81.6 cm³/mol. The molecule has 0 bridgehead atoms. The smallest absolute Gasteiger partial charge is 0.234 e. The van der Waals surface area contributed by atoms with Crippen molar-refractivity contribution in [1.29, 1.82) is 0 Å². The summed E-state index contributed by atoms with van der Waals surface area (Å²) in [6, 6.07) is 8.21. The van der Waals surface area contributed by atoms with E-state index in [9.17, 15) is 13.6 Å². The lowest BCUT2D eigenvalue weighted by molar-refractivity contribution is -0.113. The van der Waals surface area contributed by atoms with Crippen molar-refractivity contribution in [2.24, 2.45) is 0 Å². The quantitative estimate of drug-likeness (QED) is 0.660. The van der Waals surface area contributed by atoms with Crippen molar-refractivity contribution in [3.8, 4) is 0 Å². The number of nitrogens with two attached hydrogens (primary N) is 1. The number of hydrogen-bond donors (Lipinski definition) is 2. The minimum atomic E-state index is -0.943. The van der Waals surface area contributed by atoms with E-state index in [4.69, 9.17) is 17.3 Å². The van der Waals surface area contributed by atoms with Crippen LogP contribution in [-0.4, -0.2) is 11.7 Å². The van der Waals surface area contributed by atoms with Gasteiger partial charge in [0.15, 0.2) is 11.6 Å². The number of rotatable bonds is 4. The number of nitrogens with one attached hydrogen (secondary N) is 1. The zero-order chi connectivity index (χ0) is 15.4. The van der Waals surface area contributed by atoms with E-state index in [0.29, 0.717) is 21.3 Å². The van der Waals surface area contributed by atoms with E-state index in [1.807, 2.05) is 0 Å². The summed E-state index contributed by atoms with van der Waals surface area (Å²) in [4.78, 5) is 12.3. The molecule has 0 saturated carbocycles. The number of benzene rings is 2. The van der Waals surface area contributed by atoms with E-state index in [1.165, 1.54) is 12.1 Å². The number of carbonyl (C=O) groups is 1. The molecule has 0 heterocycles. The van der Waals surface area contributed by atoms with Crippen LogP contribution in [0.5, 0.6) is 0 Å². The lowest BCUT2D eigenvalue weighted by atomic mass is 10.3. The summed E-state index contributed by atoms with van der Waals surface area (Å²) >= 11 is 7.03. The zero-order valence-corrected chi connectivity index (χ0v) is 12.3. The van der Waals surface area contributed by atoms with Crippen LogP contribution in [0.4, 0.5) is 20.2 Å². The van der Waals surface area contributed by atoms with E-state index in [2.05, 4.69) is 5.32 Å². The summed E-state index contributed by atoms with van der Waals surface area (Å²) in [5.41, 5.74) is 6.49. The lowest BCUT2D eigenvalue weighted by Crippen LogP contribution is -2.14. The maximum absolute atomic E-state index is 13.0. The first-order valence-electron chi connectivity index (χ1n) is 5.88. The van der Waals surface area contributed by atoms with Gasteiger partial charge in [0.05, 0.1) is 16.5 Å². The Morgan fingerprint density at radius 1 is 1.19 bits per heavy atom. The summed E-state index contributed by atoms with van der Waals surface area (Å²) in [5.74, 6) is -2.12. The van der Waals surface area contributed by atoms with Gasteiger partial charge in [0, 0.05) is 10.6 Å². The van der Waals surface area contributed by atoms with Crippen LogP contribution in [0.1, 0.15) is 0 Å². The minimum Gasteiger partial charge on any atom is -0.399 e. The molecule has 0 aliphatic heterocycles. The van der Waals surface area contributed by atoms with Gasteiger partial charge < -0.3 is 11.1 Å². The molecule has 0 radical (unpaired) electrons. The average molecular weight is 329 g/mol. The average Bonchev–Trinajstić information content (AvgIpc) is 2.43. The first kappa shape index (κ1) is 15.6. The summed E-state index contributed by atoms with van der Waals surface area (Å²) in [5, 5.41) is 2.95. The first-order valence-corrected chi connectivity index (χ1v) is 7.25. The van der Waals surface area contributed by atoms with Gasteiger partial charge in [-0.15, -0.1) is 11.8 Å². The van der Waals surface area contributed by atoms with Crippen LogP contribution in [0.2, 0.25) is 5.02 Å². The molecule has 7 heteroatoms. The highest BCUT2D eigenvalue weighted by Gasteiger charge is 2.08. The van der Waals surface area contributed by atoms with Crippen LogP contribution in [0, 0.1) is 11.6 Å². The molecule has 0 unspecified atom stereocenters. The zero-order valence-electron chi connectivity index (χ0n) is 10.7. The maximum Gasteiger partial charge on any atom is 0.234 e. The fourth-order valence-corrected chi connectivity index (χ4v) is 2.49. The van der Waals surface area contributed by atoms with Gasteiger partial charge in [-0.3, -0.25) is 4.79 Å². The number of nitrogen functional groups attached to an aromatic ring is 1. The van der Waals surface area contributed by atoms with Crippen LogP contribution in [0.3, 0.4) is 0 Å². The van der Waals surface area contributed by atoms with Crippen LogP contribution in [0.25, 0.3) is 0 Å². The topological polar surface area (TPSA) is 55.1 Å². The van der Waals surface area contributed by atoms with Crippen molar-refractivity contribution in [1.82, 2.24) is 0 Å². The molecular formula is C14H11ClF2N2OS. The van der Waals surface area contributed by atoms with Gasteiger partial charge in [0.2, 0.25) is 5.91 Å². The molecule has 3 N–H and O–H groups in total. The maximum atomic E-state index is 13.0. The van der Waals surface area contributed by atoms with E-state index >= 15 is 0 Å². The highest BCUT2D eigenvalue weighted by Crippen LogP contribution is 2.25. The molecule has 1 amide bonds. The van der Waals surface area contributed by atoms with Gasteiger partial charge in [0.25, 0.3) is 0 Å². The molecule has 0 aliphatic rings. The Morgan fingerprint density at radius 3 is 2.62 bits per heavy atom. The summed E-state index contributed by atoms with van der Waals surface area (Å²) in [7, 11) is 0. The Balaban J connectivity index is 1.94. The molecule has 2 rings (SSSR count). The van der Waals surface area contributed by atoms with Gasteiger partial charge in [-0.2, -0.15) is 0 Å². The highest BCUT2D eigenvalue weighted by molar-refractivity contribution is 8.00. The van der Waals surface area contributed by atoms with Crippen LogP contribution in [0.15, 0.2) is 41.3 Å². The third-order valence-corrected chi connectivity index (χ3v) is 3.83. The Bertz CT molecular complexity index is 682. The Labute approximate surface area is 129 Å². The van der Waals surface area contributed by atoms with E-state index in [0.717, 1.165) is 23.9 Å². The standard InChI is InChI=1S/C14H11ClF2N2OS/c15-10-5-8(18)1-4-13(10)19-14(20)7-21-9-2-3-11(16)12(17)6-9/h1-6H,7,18H2,(H,19,20). The van der Waals surface area contributed by atoms with Gasteiger partial charge in [-0.25, -0.2) is 8.78 Å². The van der Waals surface area contributed by atoms with Gasteiger partial charge >= 0.3 is 0 Å². The number of hydrogen-bond acceptors (Lipinski definition) is 3. The van der Waals surface area contributed by atoms with E-state index in [1.54, 1.807) is 12.1 Å². The molecule has 0 atom stereocenters. The second-order valence-electron chi connectivity index (χ2n) is 4.15. The molecule has 110 valence electrons. The van der Waals surface area contributed by atoms with Gasteiger partial charge in [-0.1, -0.05) is 11.6 Å². The summed E-state index contributed by atoms with van der Waals surface area (Å²) in [6.45, 7) is 0. The Morgan fingerprint density at radius 2 is 1.95 bits per heavy atom. The number of halogens is 3. The third-order valence-electron chi connectivity index (χ3n) is 2.53. The third kappa shape index (κ3) is 4.34. The van der Waals surface area contributed by atoms with Crippen molar-refractivity contribution in [2.45, 2.75) is 4.90 Å². The number of amides is 1. The van der Waals surface area contributed by atoms with Crippen LogP contribution >= 0.6 is 23.4 Å². The van der Waals surface area contributed by atoms with Crippen molar-refractivity contribution in [3.05, 3.63) is 53.1 Å². The molecule has 0 aliphatic carbocycles. The first-order chi connectivity index (χ1) is 9.95. The Hall–Kier alpha value is -1.79. The van der Waals surface area contributed by atoms with Crippen molar-refractivity contribution < 1.29 is 13.6 Å². The number of thioether (sulfide) groups is 1. The monoisotopic (exact) mass is 328 g/mol. The fraction of sp³-hybridized carbons (Fsp3) is 0.0714. The molecule has 0 fully saturated rings. The second-order valence-corrected chi connectivity index (χ2v) is 5.61. The SMILES string of the molecule is Nc1ccc(NC(=O)CSc2ccc(F)c(F)c2)c(Cl)c1. The summed E-state index contributed by atoms with van der Waals surface area (Å²) < 4.78 is 25.8. The molecule has 2 aromatic carbocycles. The summed E-state index contributed by atoms with van der Waals surface area (Å²) in [6.07, 6.45) is 0. The molecule has 3 nitrogen and oxygen atoms in total. The molecule has 0 saturated heterocycles. The van der Waals surface area contributed by atoms with Gasteiger partial charge in [-0.05, 0) is 36.4 Å². The predicted octanol–water partition coefficient (Wildman–Crippen LogP) is 3.93. The molecule has 0 spiro atoms. The van der Waals surface area contributed by atoms with Crippen LogP contribution < -0.4 is 11.1 Å². The van der Waals surface area contributed by atoms with Crippen molar-refractivity contribution >= 4 is 40.6 Å².